The van der Waals surface area contributed by atoms with Gasteiger partial charge in [0.1, 0.15) is 18.1 Å². The number of halogens is 1. The van der Waals surface area contributed by atoms with Gasteiger partial charge in [-0.15, -0.1) is 0 Å². The maximum atomic E-state index is 13.2. The number of anilines is 2. The zero-order valence-corrected chi connectivity index (χ0v) is 16.4. The summed E-state index contributed by atoms with van der Waals surface area (Å²) in [6.07, 6.45) is 0. The lowest BCUT2D eigenvalue weighted by atomic mass is 10.3. The zero-order chi connectivity index (χ0) is 20.9. The van der Waals surface area contributed by atoms with E-state index in [0.717, 1.165) is 16.4 Å². The highest BCUT2D eigenvalue weighted by Gasteiger charge is 2.27. The van der Waals surface area contributed by atoms with Gasteiger partial charge in [0.2, 0.25) is 5.91 Å². The molecule has 0 spiro atoms. The molecule has 1 N–H and O–H groups in total. The highest BCUT2D eigenvalue weighted by Crippen LogP contribution is 2.25. The third-order valence-electron chi connectivity index (χ3n) is 4.11. The molecule has 8 heteroatoms. The molecule has 0 saturated heterocycles. The quantitative estimate of drug-likeness (QED) is 0.640. The Morgan fingerprint density at radius 2 is 1.59 bits per heavy atom. The standard InChI is InChI=1S/C21H19FN2O4S/c1-28-20-10-6-5-9-19(20)23-21(25)15-24(17-7-3-2-4-8-17)29(26,27)18-13-11-16(22)12-14-18/h2-14H,15H2,1H3,(H,23,25). The number of nitrogens with one attached hydrogen (secondary N) is 1. The number of methoxy groups -OCH3 is 1. The topological polar surface area (TPSA) is 75.7 Å². The van der Waals surface area contributed by atoms with Crippen molar-refractivity contribution < 1.29 is 22.3 Å². The minimum absolute atomic E-state index is 0.118. The van der Waals surface area contributed by atoms with Gasteiger partial charge in [0.05, 0.1) is 23.4 Å². The number of rotatable bonds is 7. The van der Waals surface area contributed by atoms with Gasteiger partial charge in [-0.1, -0.05) is 30.3 Å². The van der Waals surface area contributed by atoms with Gasteiger partial charge in [0.25, 0.3) is 10.0 Å². The summed E-state index contributed by atoms with van der Waals surface area (Å²) in [6, 6.07) is 19.5. The number of amides is 1. The number of hydrogen-bond donors (Lipinski definition) is 1. The summed E-state index contributed by atoms with van der Waals surface area (Å²) in [5.74, 6) is -0.651. The van der Waals surface area contributed by atoms with Crippen molar-refractivity contribution >= 4 is 27.3 Å². The summed E-state index contributed by atoms with van der Waals surface area (Å²) in [7, 11) is -2.63. The van der Waals surface area contributed by atoms with Crippen LogP contribution in [0.5, 0.6) is 5.75 Å². The van der Waals surface area contributed by atoms with E-state index < -0.39 is 28.3 Å². The molecule has 0 bridgehead atoms. The Morgan fingerprint density at radius 3 is 2.24 bits per heavy atom. The maximum Gasteiger partial charge on any atom is 0.264 e. The molecule has 3 rings (SSSR count). The average molecular weight is 414 g/mol. The number of hydrogen-bond acceptors (Lipinski definition) is 4. The van der Waals surface area contributed by atoms with Crippen LogP contribution < -0.4 is 14.4 Å². The summed E-state index contributed by atoms with van der Waals surface area (Å²) in [5.41, 5.74) is 0.735. The first-order valence-corrected chi connectivity index (χ1v) is 10.1. The number of carbonyl (C=O) groups excluding carboxylic acids is 1. The van der Waals surface area contributed by atoms with E-state index in [1.54, 1.807) is 54.6 Å². The van der Waals surface area contributed by atoms with Gasteiger partial charge in [-0.3, -0.25) is 9.10 Å². The molecule has 0 unspecified atom stereocenters. The molecule has 0 aliphatic carbocycles. The molecule has 0 saturated carbocycles. The predicted octanol–water partition coefficient (Wildman–Crippen LogP) is 3.67. The number of sulfonamides is 1. The molecular formula is C21H19FN2O4S. The lowest BCUT2D eigenvalue weighted by molar-refractivity contribution is -0.114. The van der Waals surface area contributed by atoms with Crippen LogP contribution in [0.15, 0.2) is 83.8 Å². The van der Waals surface area contributed by atoms with Crippen molar-refractivity contribution in [3.05, 3.63) is 84.7 Å². The zero-order valence-electron chi connectivity index (χ0n) is 15.6. The smallest absolute Gasteiger partial charge is 0.264 e. The van der Waals surface area contributed by atoms with Crippen LogP contribution in [-0.4, -0.2) is 28.0 Å². The molecule has 6 nitrogen and oxygen atoms in total. The lowest BCUT2D eigenvalue weighted by Gasteiger charge is -2.24. The Labute approximate surface area is 168 Å². The second kappa shape index (κ2) is 8.74. The largest absolute Gasteiger partial charge is 0.495 e. The Balaban J connectivity index is 1.92. The minimum Gasteiger partial charge on any atom is -0.495 e. The first kappa shape index (κ1) is 20.3. The first-order chi connectivity index (χ1) is 13.9. The summed E-state index contributed by atoms with van der Waals surface area (Å²) >= 11 is 0. The predicted molar refractivity (Wildman–Crippen MR) is 109 cm³/mol. The molecule has 0 heterocycles. The van der Waals surface area contributed by atoms with Crippen molar-refractivity contribution in [2.75, 3.05) is 23.3 Å². The van der Waals surface area contributed by atoms with Crippen LogP contribution in [-0.2, 0) is 14.8 Å². The molecule has 150 valence electrons. The Hall–Kier alpha value is -3.39. The van der Waals surface area contributed by atoms with Crippen LogP contribution in [0.3, 0.4) is 0 Å². The third-order valence-corrected chi connectivity index (χ3v) is 5.90. The summed E-state index contributed by atoms with van der Waals surface area (Å²) in [4.78, 5) is 12.5. The SMILES string of the molecule is COc1ccccc1NC(=O)CN(c1ccccc1)S(=O)(=O)c1ccc(F)cc1. The van der Waals surface area contributed by atoms with E-state index in [-0.39, 0.29) is 4.90 Å². The number of benzene rings is 3. The van der Waals surface area contributed by atoms with Gasteiger partial charge in [-0.2, -0.15) is 0 Å². The highest BCUT2D eigenvalue weighted by molar-refractivity contribution is 7.92. The van der Waals surface area contributed by atoms with Crippen molar-refractivity contribution in [2.45, 2.75) is 4.90 Å². The molecule has 1 amide bonds. The van der Waals surface area contributed by atoms with Crippen LogP contribution in [0.2, 0.25) is 0 Å². The third kappa shape index (κ3) is 4.72. The summed E-state index contributed by atoms with van der Waals surface area (Å²) < 4.78 is 45.7. The Bertz CT molecular complexity index is 1090. The first-order valence-electron chi connectivity index (χ1n) is 8.68. The number of para-hydroxylation sites is 3. The van der Waals surface area contributed by atoms with Crippen LogP contribution in [0, 0.1) is 5.82 Å². The van der Waals surface area contributed by atoms with Crippen LogP contribution in [0.25, 0.3) is 0 Å². The molecule has 3 aromatic rings. The van der Waals surface area contributed by atoms with E-state index in [0.29, 0.717) is 17.1 Å². The molecule has 0 atom stereocenters. The van der Waals surface area contributed by atoms with Crippen LogP contribution in [0.1, 0.15) is 0 Å². The molecule has 0 fully saturated rings. The number of ether oxygens (including phenoxy) is 1. The fourth-order valence-corrected chi connectivity index (χ4v) is 4.13. The normalized spacial score (nSPS) is 11.0. The Morgan fingerprint density at radius 1 is 0.966 bits per heavy atom. The molecular weight excluding hydrogens is 395 g/mol. The van der Waals surface area contributed by atoms with Crippen molar-refractivity contribution in [3.8, 4) is 5.75 Å². The maximum absolute atomic E-state index is 13.2. The average Bonchev–Trinajstić information content (AvgIpc) is 2.73. The second-order valence-electron chi connectivity index (χ2n) is 6.05. The van der Waals surface area contributed by atoms with E-state index in [2.05, 4.69) is 5.32 Å². The summed E-state index contributed by atoms with van der Waals surface area (Å²) in [5, 5.41) is 2.66. The van der Waals surface area contributed by atoms with Crippen molar-refractivity contribution in [3.63, 3.8) is 0 Å². The monoisotopic (exact) mass is 414 g/mol. The van der Waals surface area contributed by atoms with E-state index >= 15 is 0 Å². The molecule has 0 aliphatic rings. The van der Waals surface area contributed by atoms with Crippen LogP contribution in [0.4, 0.5) is 15.8 Å². The van der Waals surface area contributed by atoms with Crippen molar-refractivity contribution in [2.24, 2.45) is 0 Å². The number of nitrogens with zero attached hydrogens (tertiary/aromatic N) is 1. The highest BCUT2D eigenvalue weighted by atomic mass is 32.2. The second-order valence-corrected chi connectivity index (χ2v) is 7.91. The molecule has 29 heavy (non-hydrogen) atoms. The summed E-state index contributed by atoms with van der Waals surface area (Å²) in [6.45, 7) is -0.470. The van der Waals surface area contributed by atoms with Crippen LogP contribution >= 0.6 is 0 Å². The molecule has 0 aliphatic heterocycles. The van der Waals surface area contributed by atoms with Gasteiger partial charge in [-0.05, 0) is 48.5 Å². The van der Waals surface area contributed by atoms with E-state index in [1.807, 2.05) is 0 Å². The van der Waals surface area contributed by atoms with E-state index in [1.165, 1.54) is 19.2 Å². The van der Waals surface area contributed by atoms with Gasteiger partial charge >= 0.3 is 0 Å². The molecule has 3 aromatic carbocycles. The van der Waals surface area contributed by atoms with Gasteiger partial charge in [-0.25, -0.2) is 12.8 Å². The van der Waals surface area contributed by atoms with Gasteiger partial charge in [0.15, 0.2) is 0 Å². The molecule has 0 radical (unpaired) electrons. The van der Waals surface area contributed by atoms with Gasteiger partial charge < -0.3 is 10.1 Å². The van der Waals surface area contributed by atoms with E-state index in [4.69, 9.17) is 4.74 Å². The van der Waals surface area contributed by atoms with Gasteiger partial charge in [0, 0.05) is 0 Å². The van der Waals surface area contributed by atoms with Crippen molar-refractivity contribution in [1.29, 1.82) is 0 Å². The van der Waals surface area contributed by atoms with E-state index in [9.17, 15) is 17.6 Å². The minimum atomic E-state index is -4.10. The molecule has 0 aromatic heterocycles. The fourth-order valence-electron chi connectivity index (χ4n) is 2.71. The van der Waals surface area contributed by atoms with Crippen molar-refractivity contribution in [1.82, 2.24) is 0 Å². The number of carbonyl (C=O) groups is 1. The fraction of sp³-hybridized carbons (Fsp3) is 0.0952. The Kier molecular flexibility index (Phi) is 6.13. The lowest BCUT2D eigenvalue weighted by Crippen LogP contribution is -2.38.